The van der Waals surface area contributed by atoms with Crippen LogP contribution in [-0.2, 0) is 6.42 Å². The standard InChI is InChI=1S/C25H29Cl3O/c26-16-3-17-29-23-13-11-22(12-14-23)21-9-6-19(7-10-21)4-1-2-5-20-8-15-24(27)25(28)18-20/h3,8,11-16,18-19,21H,1-2,4-7,9-10,17H2/b16-3+/t19-,21-. The fraction of sp³-hybridized carbons (Fsp3) is 0.440. The van der Waals surface area contributed by atoms with Gasteiger partial charge in [0.05, 0.1) is 10.0 Å². The monoisotopic (exact) mass is 450 g/mol. The molecular weight excluding hydrogens is 423 g/mol. The fourth-order valence-corrected chi connectivity index (χ4v) is 4.65. The van der Waals surface area contributed by atoms with Crippen molar-refractivity contribution < 1.29 is 4.74 Å². The normalized spacial score (nSPS) is 19.6. The van der Waals surface area contributed by atoms with E-state index in [0.717, 1.165) is 18.1 Å². The molecule has 1 saturated carbocycles. The summed E-state index contributed by atoms with van der Waals surface area (Å²) in [5.74, 6) is 2.48. The van der Waals surface area contributed by atoms with Crippen molar-refractivity contribution in [2.24, 2.45) is 5.92 Å². The zero-order chi connectivity index (χ0) is 20.5. The minimum absolute atomic E-state index is 0.513. The maximum absolute atomic E-state index is 6.10. The maximum Gasteiger partial charge on any atom is 0.119 e. The van der Waals surface area contributed by atoms with Gasteiger partial charge in [-0.2, -0.15) is 0 Å². The molecule has 0 bridgehead atoms. The Kier molecular flexibility index (Phi) is 9.24. The smallest absolute Gasteiger partial charge is 0.119 e. The maximum atomic E-state index is 6.10. The second kappa shape index (κ2) is 11.9. The van der Waals surface area contributed by atoms with Crippen molar-refractivity contribution in [1.29, 1.82) is 0 Å². The molecule has 3 rings (SSSR count). The quantitative estimate of drug-likeness (QED) is 0.346. The highest BCUT2D eigenvalue weighted by molar-refractivity contribution is 6.42. The van der Waals surface area contributed by atoms with E-state index in [0.29, 0.717) is 22.6 Å². The molecule has 0 unspecified atom stereocenters. The number of aryl methyl sites for hydroxylation is 1. The van der Waals surface area contributed by atoms with Crippen LogP contribution in [0.2, 0.25) is 10.0 Å². The van der Waals surface area contributed by atoms with Gasteiger partial charge in [-0.3, -0.25) is 0 Å². The van der Waals surface area contributed by atoms with E-state index in [1.165, 1.54) is 61.6 Å². The first kappa shape index (κ1) is 22.5. The van der Waals surface area contributed by atoms with Gasteiger partial charge in [-0.1, -0.05) is 65.8 Å². The molecule has 1 fully saturated rings. The third kappa shape index (κ3) is 7.24. The van der Waals surface area contributed by atoms with Crippen LogP contribution in [0.5, 0.6) is 5.75 Å². The lowest BCUT2D eigenvalue weighted by Crippen LogP contribution is -2.13. The summed E-state index contributed by atoms with van der Waals surface area (Å²) >= 11 is 17.6. The molecule has 2 aromatic carbocycles. The van der Waals surface area contributed by atoms with E-state index < -0.39 is 0 Å². The fourth-order valence-electron chi connectivity index (χ4n) is 4.26. The van der Waals surface area contributed by atoms with Crippen molar-refractivity contribution in [2.45, 2.75) is 57.3 Å². The van der Waals surface area contributed by atoms with Gasteiger partial charge < -0.3 is 4.74 Å². The summed E-state index contributed by atoms with van der Waals surface area (Å²) in [6.07, 6.45) is 12.0. The zero-order valence-corrected chi connectivity index (χ0v) is 19.0. The van der Waals surface area contributed by atoms with Gasteiger partial charge in [-0.05, 0) is 91.8 Å². The third-order valence-corrected chi connectivity index (χ3v) is 6.86. The molecule has 156 valence electrons. The number of halogens is 3. The molecule has 0 atom stereocenters. The molecule has 0 aliphatic heterocycles. The molecule has 0 spiro atoms. The van der Waals surface area contributed by atoms with Crippen LogP contribution in [0.3, 0.4) is 0 Å². The Hall–Kier alpha value is -1.15. The highest BCUT2D eigenvalue weighted by atomic mass is 35.5. The van der Waals surface area contributed by atoms with Crippen molar-refractivity contribution in [3.63, 3.8) is 0 Å². The first-order valence-electron chi connectivity index (χ1n) is 10.6. The summed E-state index contributed by atoms with van der Waals surface area (Å²) in [6.45, 7) is 0.513. The lowest BCUT2D eigenvalue weighted by molar-refractivity contribution is 0.303. The van der Waals surface area contributed by atoms with Crippen LogP contribution in [-0.4, -0.2) is 6.61 Å². The molecule has 2 aromatic rings. The number of ether oxygens (including phenoxy) is 1. The first-order valence-corrected chi connectivity index (χ1v) is 11.8. The van der Waals surface area contributed by atoms with Crippen LogP contribution in [0.25, 0.3) is 0 Å². The van der Waals surface area contributed by atoms with E-state index in [2.05, 4.69) is 30.3 Å². The number of hydrogen-bond acceptors (Lipinski definition) is 1. The molecule has 0 saturated heterocycles. The summed E-state index contributed by atoms with van der Waals surface area (Å²) in [5.41, 5.74) is 4.22. The molecule has 0 aromatic heterocycles. The number of benzene rings is 2. The largest absolute Gasteiger partial charge is 0.490 e. The lowest BCUT2D eigenvalue weighted by Gasteiger charge is -2.29. The van der Waals surface area contributed by atoms with Crippen molar-refractivity contribution in [1.82, 2.24) is 0 Å². The topological polar surface area (TPSA) is 9.23 Å². The van der Waals surface area contributed by atoms with Crippen LogP contribution < -0.4 is 4.74 Å². The van der Waals surface area contributed by atoms with Crippen LogP contribution in [0, 0.1) is 5.92 Å². The predicted molar refractivity (Wildman–Crippen MR) is 126 cm³/mol. The summed E-state index contributed by atoms with van der Waals surface area (Å²) < 4.78 is 5.62. The lowest BCUT2D eigenvalue weighted by atomic mass is 9.77. The van der Waals surface area contributed by atoms with Crippen LogP contribution in [0.15, 0.2) is 54.1 Å². The Morgan fingerprint density at radius 2 is 1.66 bits per heavy atom. The summed E-state index contributed by atoms with van der Waals surface area (Å²) in [7, 11) is 0. The van der Waals surface area contributed by atoms with E-state index in [4.69, 9.17) is 39.5 Å². The molecule has 0 heterocycles. The average molecular weight is 452 g/mol. The molecule has 0 N–H and O–H groups in total. The van der Waals surface area contributed by atoms with E-state index in [9.17, 15) is 0 Å². The van der Waals surface area contributed by atoms with E-state index in [1.54, 1.807) is 6.08 Å². The van der Waals surface area contributed by atoms with E-state index in [-0.39, 0.29) is 0 Å². The van der Waals surface area contributed by atoms with Gasteiger partial charge in [-0.25, -0.2) is 0 Å². The Bertz CT molecular complexity index is 777. The number of unbranched alkanes of at least 4 members (excludes halogenated alkanes) is 1. The van der Waals surface area contributed by atoms with Crippen LogP contribution in [0.1, 0.15) is 62.0 Å². The molecule has 29 heavy (non-hydrogen) atoms. The minimum Gasteiger partial charge on any atom is -0.490 e. The SMILES string of the molecule is Cl/C=C/COc1ccc([C@H]2CC[C@H](CCCCc3ccc(Cl)c(Cl)c3)CC2)cc1. The minimum atomic E-state index is 0.513. The second-order valence-electron chi connectivity index (χ2n) is 7.95. The first-order chi connectivity index (χ1) is 14.2. The van der Waals surface area contributed by atoms with Gasteiger partial charge in [0.2, 0.25) is 0 Å². The van der Waals surface area contributed by atoms with Gasteiger partial charge in [-0.15, -0.1) is 0 Å². The Morgan fingerprint density at radius 1 is 0.897 bits per heavy atom. The van der Waals surface area contributed by atoms with Crippen molar-refractivity contribution in [2.75, 3.05) is 6.61 Å². The second-order valence-corrected chi connectivity index (χ2v) is 9.02. The highest BCUT2D eigenvalue weighted by Gasteiger charge is 2.22. The van der Waals surface area contributed by atoms with Gasteiger partial charge in [0.25, 0.3) is 0 Å². The van der Waals surface area contributed by atoms with Gasteiger partial charge >= 0.3 is 0 Å². The molecule has 1 nitrogen and oxygen atoms in total. The summed E-state index contributed by atoms with van der Waals surface area (Å²) in [6, 6.07) is 14.6. The van der Waals surface area contributed by atoms with Crippen LogP contribution >= 0.6 is 34.8 Å². The third-order valence-electron chi connectivity index (χ3n) is 5.95. The molecule has 1 aliphatic rings. The van der Waals surface area contributed by atoms with E-state index in [1.807, 2.05) is 12.1 Å². The number of hydrogen-bond donors (Lipinski definition) is 0. The molecule has 4 heteroatoms. The Labute approximate surface area is 190 Å². The van der Waals surface area contributed by atoms with E-state index >= 15 is 0 Å². The van der Waals surface area contributed by atoms with Gasteiger partial charge in [0.1, 0.15) is 12.4 Å². The molecular formula is C25H29Cl3O. The number of rotatable bonds is 9. The van der Waals surface area contributed by atoms with Crippen molar-refractivity contribution >= 4 is 34.8 Å². The zero-order valence-electron chi connectivity index (χ0n) is 16.8. The summed E-state index contributed by atoms with van der Waals surface area (Å²) in [4.78, 5) is 0. The van der Waals surface area contributed by atoms with Gasteiger partial charge in [0, 0.05) is 5.54 Å². The highest BCUT2D eigenvalue weighted by Crippen LogP contribution is 2.38. The van der Waals surface area contributed by atoms with Gasteiger partial charge in [0.15, 0.2) is 0 Å². The molecule has 0 amide bonds. The van der Waals surface area contributed by atoms with Crippen molar-refractivity contribution in [3.8, 4) is 5.75 Å². The van der Waals surface area contributed by atoms with Crippen LogP contribution in [0.4, 0.5) is 0 Å². The average Bonchev–Trinajstić information content (AvgIpc) is 2.75. The molecule has 1 aliphatic carbocycles. The Balaban J connectivity index is 1.35. The predicted octanol–water partition coefficient (Wildman–Crippen LogP) is 8.81. The van der Waals surface area contributed by atoms with Crippen molar-refractivity contribution in [3.05, 3.63) is 75.2 Å². The summed E-state index contributed by atoms with van der Waals surface area (Å²) in [5, 5.41) is 1.30. The Morgan fingerprint density at radius 3 is 2.34 bits per heavy atom. The molecule has 0 radical (unpaired) electrons.